The molecular formula is C17H23NO3S. The second-order valence-electron chi connectivity index (χ2n) is 5.85. The first-order valence-corrected chi connectivity index (χ1v) is 8.74. The molecule has 1 aromatic heterocycles. The maximum Gasteiger partial charge on any atom is 0.241 e. The van der Waals surface area contributed by atoms with Crippen LogP contribution in [0, 0.1) is 41.5 Å². The number of furan rings is 1. The van der Waals surface area contributed by atoms with Gasteiger partial charge in [-0.25, -0.2) is 13.1 Å². The van der Waals surface area contributed by atoms with Crippen LogP contribution in [0.5, 0.6) is 0 Å². The highest BCUT2D eigenvalue weighted by molar-refractivity contribution is 7.89. The number of nitrogens with one attached hydrogen (secondary N) is 1. The van der Waals surface area contributed by atoms with Gasteiger partial charge in [-0.05, 0) is 69.9 Å². The van der Waals surface area contributed by atoms with Gasteiger partial charge in [-0.3, -0.25) is 0 Å². The van der Waals surface area contributed by atoms with E-state index in [0.29, 0.717) is 4.90 Å². The van der Waals surface area contributed by atoms with Crippen molar-refractivity contribution < 1.29 is 12.8 Å². The molecule has 0 aliphatic heterocycles. The van der Waals surface area contributed by atoms with E-state index in [2.05, 4.69) is 4.72 Å². The van der Waals surface area contributed by atoms with Gasteiger partial charge in [-0.15, -0.1) is 0 Å². The van der Waals surface area contributed by atoms with E-state index in [4.69, 9.17) is 4.42 Å². The summed E-state index contributed by atoms with van der Waals surface area (Å²) in [5.74, 6) is 1.53. The standard InChI is InChI=1S/C17H23NO3S/c1-10-7-11(2)14(5)17(13(10)4)22(19,20)18-9-16-8-12(3)21-15(16)6/h7-8,18H,9H2,1-6H3. The van der Waals surface area contributed by atoms with Crippen LogP contribution >= 0.6 is 0 Å². The zero-order chi connectivity index (χ0) is 16.7. The third-order valence-electron chi connectivity index (χ3n) is 4.16. The molecule has 0 saturated heterocycles. The first-order valence-electron chi connectivity index (χ1n) is 7.26. The highest BCUT2D eigenvalue weighted by atomic mass is 32.2. The molecule has 120 valence electrons. The number of aryl methyl sites for hydroxylation is 4. The van der Waals surface area contributed by atoms with Crippen molar-refractivity contribution in [3.05, 3.63) is 51.5 Å². The molecule has 0 aliphatic carbocycles. The summed E-state index contributed by atoms with van der Waals surface area (Å²) in [6.07, 6.45) is 0. The van der Waals surface area contributed by atoms with Gasteiger partial charge in [0.15, 0.2) is 0 Å². The first kappa shape index (κ1) is 16.8. The van der Waals surface area contributed by atoms with Gasteiger partial charge >= 0.3 is 0 Å². The molecule has 0 spiro atoms. The Morgan fingerprint density at radius 3 is 1.95 bits per heavy atom. The normalized spacial score (nSPS) is 11.9. The number of sulfonamides is 1. The summed E-state index contributed by atoms with van der Waals surface area (Å²) in [5, 5.41) is 0. The highest BCUT2D eigenvalue weighted by Gasteiger charge is 2.22. The Bertz CT molecular complexity index is 791. The molecule has 0 aliphatic rings. The molecular weight excluding hydrogens is 298 g/mol. The Balaban J connectivity index is 2.38. The lowest BCUT2D eigenvalue weighted by Gasteiger charge is -2.16. The molecule has 1 heterocycles. The second-order valence-corrected chi connectivity index (χ2v) is 7.56. The van der Waals surface area contributed by atoms with Gasteiger partial charge in [-0.1, -0.05) is 6.07 Å². The minimum absolute atomic E-state index is 0.234. The van der Waals surface area contributed by atoms with Gasteiger partial charge in [0.05, 0.1) is 4.90 Å². The van der Waals surface area contributed by atoms with Gasteiger partial charge in [0.2, 0.25) is 10.0 Å². The summed E-state index contributed by atoms with van der Waals surface area (Å²) in [7, 11) is -3.56. The van der Waals surface area contributed by atoms with E-state index in [1.54, 1.807) is 0 Å². The monoisotopic (exact) mass is 321 g/mol. The predicted molar refractivity (Wildman–Crippen MR) is 87.6 cm³/mol. The van der Waals surface area contributed by atoms with Crippen molar-refractivity contribution in [1.82, 2.24) is 4.72 Å². The molecule has 4 nitrogen and oxygen atoms in total. The fourth-order valence-corrected chi connectivity index (χ4v) is 4.31. The third-order valence-corrected chi connectivity index (χ3v) is 5.84. The van der Waals surface area contributed by atoms with Crippen molar-refractivity contribution in [2.75, 3.05) is 0 Å². The van der Waals surface area contributed by atoms with Crippen LogP contribution in [0.2, 0.25) is 0 Å². The van der Waals surface area contributed by atoms with Crippen LogP contribution in [0.1, 0.15) is 39.3 Å². The van der Waals surface area contributed by atoms with E-state index in [0.717, 1.165) is 39.3 Å². The van der Waals surface area contributed by atoms with Crippen LogP contribution in [-0.2, 0) is 16.6 Å². The van der Waals surface area contributed by atoms with E-state index in [9.17, 15) is 8.42 Å². The third kappa shape index (κ3) is 3.10. The summed E-state index contributed by atoms with van der Waals surface area (Å²) in [4.78, 5) is 0.392. The number of rotatable bonds is 4. The van der Waals surface area contributed by atoms with Gasteiger partial charge in [-0.2, -0.15) is 0 Å². The summed E-state index contributed by atoms with van der Waals surface area (Å²) < 4.78 is 33.6. The minimum atomic E-state index is -3.56. The van der Waals surface area contributed by atoms with Gasteiger partial charge in [0.25, 0.3) is 0 Å². The molecule has 1 aromatic carbocycles. The molecule has 0 radical (unpaired) electrons. The molecule has 22 heavy (non-hydrogen) atoms. The summed E-state index contributed by atoms with van der Waals surface area (Å²) in [5.41, 5.74) is 4.43. The maximum atomic E-state index is 12.7. The molecule has 1 N–H and O–H groups in total. The fourth-order valence-electron chi connectivity index (χ4n) is 2.69. The van der Waals surface area contributed by atoms with Crippen LogP contribution < -0.4 is 4.72 Å². The van der Waals surface area contributed by atoms with Crippen molar-refractivity contribution in [3.63, 3.8) is 0 Å². The Kier molecular flexibility index (Phi) is 4.49. The zero-order valence-electron chi connectivity index (χ0n) is 14.0. The molecule has 2 rings (SSSR count). The minimum Gasteiger partial charge on any atom is -0.466 e. The van der Waals surface area contributed by atoms with E-state index in [1.165, 1.54) is 0 Å². The summed E-state index contributed by atoms with van der Waals surface area (Å²) >= 11 is 0. The number of hydrogen-bond donors (Lipinski definition) is 1. The van der Waals surface area contributed by atoms with E-state index < -0.39 is 10.0 Å². The van der Waals surface area contributed by atoms with Crippen LogP contribution in [0.15, 0.2) is 21.4 Å². The summed E-state index contributed by atoms with van der Waals surface area (Å²) in [6.45, 7) is 11.5. The summed E-state index contributed by atoms with van der Waals surface area (Å²) in [6, 6.07) is 3.88. The topological polar surface area (TPSA) is 59.3 Å². The van der Waals surface area contributed by atoms with Crippen molar-refractivity contribution in [2.24, 2.45) is 0 Å². The molecule has 5 heteroatoms. The second kappa shape index (κ2) is 5.89. The lowest BCUT2D eigenvalue weighted by atomic mass is 10.0. The molecule has 0 fully saturated rings. The predicted octanol–water partition coefficient (Wildman–Crippen LogP) is 3.61. The fraction of sp³-hybridized carbons (Fsp3) is 0.412. The molecule has 2 aromatic rings. The number of hydrogen-bond acceptors (Lipinski definition) is 3. The number of benzene rings is 1. The van der Waals surface area contributed by atoms with Crippen molar-refractivity contribution in [1.29, 1.82) is 0 Å². The zero-order valence-corrected chi connectivity index (χ0v) is 14.8. The maximum absolute atomic E-state index is 12.7. The Labute approximate surface area is 132 Å². The Morgan fingerprint density at radius 2 is 1.50 bits per heavy atom. The average molecular weight is 321 g/mol. The lowest BCUT2D eigenvalue weighted by molar-refractivity contribution is 0.500. The average Bonchev–Trinajstić information content (AvgIpc) is 2.73. The molecule has 0 amide bonds. The van der Waals surface area contributed by atoms with Crippen LogP contribution in [-0.4, -0.2) is 8.42 Å². The molecule has 0 atom stereocenters. The van der Waals surface area contributed by atoms with Gasteiger partial charge in [0.1, 0.15) is 11.5 Å². The van der Waals surface area contributed by atoms with E-state index in [1.807, 2.05) is 53.7 Å². The SMILES string of the molecule is Cc1cc(CNS(=O)(=O)c2c(C)c(C)cc(C)c2C)c(C)o1. The smallest absolute Gasteiger partial charge is 0.241 e. The largest absolute Gasteiger partial charge is 0.466 e. The van der Waals surface area contributed by atoms with E-state index in [-0.39, 0.29) is 6.54 Å². The van der Waals surface area contributed by atoms with Crippen molar-refractivity contribution in [2.45, 2.75) is 53.0 Å². The van der Waals surface area contributed by atoms with E-state index >= 15 is 0 Å². The van der Waals surface area contributed by atoms with Crippen LogP contribution in [0.3, 0.4) is 0 Å². The Hall–Kier alpha value is -1.59. The van der Waals surface area contributed by atoms with Gasteiger partial charge in [0, 0.05) is 12.1 Å². The highest BCUT2D eigenvalue weighted by Crippen LogP contribution is 2.26. The van der Waals surface area contributed by atoms with Crippen LogP contribution in [0.25, 0.3) is 0 Å². The van der Waals surface area contributed by atoms with Crippen LogP contribution in [0.4, 0.5) is 0 Å². The van der Waals surface area contributed by atoms with Crippen molar-refractivity contribution in [3.8, 4) is 0 Å². The van der Waals surface area contributed by atoms with Crippen molar-refractivity contribution >= 4 is 10.0 Å². The lowest BCUT2D eigenvalue weighted by Crippen LogP contribution is -2.25. The molecule has 0 bridgehead atoms. The first-order chi connectivity index (χ1) is 10.1. The Morgan fingerprint density at radius 1 is 0.955 bits per heavy atom. The quantitative estimate of drug-likeness (QED) is 0.936. The molecule has 0 saturated carbocycles. The molecule has 0 unspecified atom stereocenters. The van der Waals surface area contributed by atoms with Gasteiger partial charge < -0.3 is 4.42 Å².